The Bertz CT molecular complexity index is 701. The van der Waals surface area contributed by atoms with Gasteiger partial charge in [-0.1, -0.05) is 18.2 Å². The second-order valence-corrected chi connectivity index (χ2v) is 8.04. The number of hydrogen-bond acceptors (Lipinski definition) is 4. The van der Waals surface area contributed by atoms with Crippen molar-refractivity contribution in [1.82, 2.24) is 15.5 Å². The number of fused-ring (bicyclic) bond motifs is 1. The number of methoxy groups -OCH3 is 1. The molecule has 0 spiro atoms. The van der Waals surface area contributed by atoms with Gasteiger partial charge < -0.3 is 25.2 Å². The summed E-state index contributed by atoms with van der Waals surface area (Å²) < 4.78 is 5.18. The molecular formula is C23H37N5O2. The summed E-state index contributed by atoms with van der Waals surface area (Å²) in [5, 5.41) is 6.92. The Morgan fingerprint density at radius 1 is 1.23 bits per heavy atom. The molecule has 2 aliphatic heterocycles. The Labute approximate surface area is 180 Å². The average Bonchev–Trinajstić information content (AvgIpc) is 3.20. The lowest BCUT2D eigenvalue weighted by Crippen LogP contribution is -2.49. The van der Waals surface area contributed by atoms with Gasteiger partial charge in [0.25, 0.3) is 0 Å². The van der Waals surface area contributed by atoms with Crippen molar-refractivity contribution in [3.8, 4) is 0 Å². The molecule has 1 amide bonds. The topological polar surface area (TPSA) is 69.2 Å². The number of carbonyl (C=O) groups is 1. The number of carbonyl (C=O) groups excluding carboxylic acids is 1. The van der Waals surface area contributed by atoms with E-state index in [9.17, 15) is 4.79 Å². The lowest BCUT2D eigenvalue weighted by molar-refractivity contribution is -0.118. The van der Waals surface area contributed by atoms with Crippen LogP contribution >= 0.6 is 0 Å². The highest BCUT2D eigenvalue weighted by Crippen LogP contribution is 2.28. The van der Waals surface area contributed by atoms with Gasteiger partial charge in [0, 0.05) is 64.5 Å². The van der Waals surface area contributed by atoms with Crippen molar-refractivity contribution in [2.45, 2.75) is 45.1 Å². The van der Waals surface area contributed by atoms with Crippen LogP contribution in [0.1, 0.15) is 38.2 Å². The molecule has 0 radical (unpaired) electrons. The number of amides is 1. The van der Waals surface area contributed by atoms with Crippen molar-refractivity contribution >= 4 is 17.6 Å². The lowest BCUT2D eigenvalue weighted by Gasteiger charge is -2.32. The molecule has 0 aromatic heterocycles. The van der Waals surface area contributed by atoms with Crippen LogP contribution in [0.25, 0.3) is 0 Å². The number of likely N-dealkylation sites (tertiary alicyclic amines) is 1. The first-order valence-electron chi connectivity index (χ1n) is 11.4. The molecule has 2 N–H and O–H groups in total. The van der Waals surface area contributed by atoms with Gasteiger partial charge in [0.2, 0.25) is 5.91 Å². The summed E-state index contributed by atoms with van der Waals surface area (Å²) in [4.78, 5) is 21.7. The standard InChI is InChI=1S/C23H37N5O2/c1-3-24-23(26-20-11-14-27(15-12-20)17-18-30-2)25-13-6-9-22(29)28-16-10-19-7-4-5-8-21(19)28/h4-5,7-8,20H,3,6,9-18H2,1-2H3,(H2,24,25,26). The molecule has 0 aliphatic carbocycles. The molecule has 166 valence electrons. The summed E-state index contributed by atoms with van der Waals surface area (Å²) in [7, 11) is 1.76. The van der Waals surface area contributed by atoms with Crippen molar-refractivity contribution in [3.05, 3.63) is 29.8 Å². The number of guanidine groups is 1. The molecule has 0 bridgehead atoms. The van der Waals surface area contributed by atoms with Crippen LogP contribution in [-0.2, 0) is 16.0 Å². The highest BCUT2D eigenvalue weighted by Gasteiger charge is 2.23. The fraction of sp³-hybridized carbons (Fsp3) is 0.652. The second kappa shape index (κ2) is 11.9. The number of nitrogens with one attached hydrogen (secondary N) is 2. The molecule has 1 fully saturated rings. The molecule has 1 saturated heterocycles. The molecule has 7 heteroatoms. The highest BCUT2D eigenvalue weighted by molar-refractivity contribution is 5.95. The van der Waals surface area contributed by atoms with E-state index in [0.29, 0.717) is 19.0 Å². The van der Waals surface area contributed by atoms with E-state index in [1.807, 2.05) is 23.1 Å². The van der Waals surface area contributed by atoms with E-state index >= 15 is 0 Å². The van der Waals surface area contributed by atoms with Crippen LogP contribution in [0.5, 0.6) is 0 Å². The molecular weight excluding hydrogens is 378 g/mol. The fourth-order valence-electron chi connectivity index (χ4n) is 4.19. The van der Waals surface area contributed by atoms with Gasteiger partial charge in [0.15, 0.2) is 5.96 Å². The van der Waals surface area contributed by atoms with Crippen molar-refractivity contribution in [2.75, 3.05) is 57.9 Å². The summed E-state index contributed by atoms with van der Waals surface area (Å²) in [5.41, 5.74) is 2.36. The maximum absolute atomic E-state index is 12.6. The number of aliphatic imine (C=N–C) groups is 1. The van der Waals surface area contributed by atoms with Gasteiger partial charge in [-0.15, -0.1) is 0 Å². The summed E-state index contributed by atoms with van der Waals surface area (Å²) in [6.07, 6.45) is 4.49. The number of nitrogens with zero attached hydrogens (tertiary/aromatic N) is 3. The van der Waals surface area contributed by atoms with E-state index in [0.717, 1.165) is 76.7 Å². The quantitative estimate of drug-likeness (QED) is 0.367. The van der Waals surface area contributed by atoms with Gasteiger partial charge in [-0.3, -0.25) is 9.79 Å². The van der Waals surface area contributed by atoms with Gasteiger partial charge in [0.1, 0.15) is 0 Å². The number of para-hydroxylation sites is 1. The van der Waals surface area contributed by atoms with Crippen LogP contribution in [0.3, 0.4) is 0 Å². The minimum atomic E-state index is 0.205. The normalized spacial score (nSPS) is 17.8. The van der Waals surface area contributed by atoms with Crippen molar-refractivity contribution < 1.29 is 9.53 Å². The average molecular weight is 416 g/mol. The van der Waals surface area contributed by atoms with Crippen LogP contribution in [-0.4, -0.2) is 75.8 Å². The first kappa shape index (κ1) is 22.6. The maximum atomic E-state index is 12.6. The van der Waals surface area contributed by atoms with Crippen molar-refractivity contribution in [3.63, 3.8) is 0 Å². The van der Waals surface area contributed by atoms with Gasteiger partial charge in [-0.05, 0) is 44.2 Å². The van der Waals surface area contributed by atoms with Crippen LogP contribution in [0.4, 0.5) is 5.69 Å². The summed E-state index contributed by atoms with van der Waals surface area (Å²) in [6, 6.07) is 8.66. The van der Waals surface area contributed by atoms with E-state index in [1.165, 1.54) is 5.56 Å². The summed E-state index contributed by atoms with van der Waals surface area (Å²) in [6.45, 7) is 8.36. The smallest absolute Gasteiger partial charge is 0.227 e. The number of ether oxygens (including phenoxy) is 1. The Kier molecular flexibility index (Phi) is 8.96. The molecule has 0 atom stereocenters. The summed E-state index contributed by atoms with van der Waals surface area (Å²) >= 11 is 0. The van der Waals surface area contributed by atoms with Gasteiger partial charge in [0.05, 0.1) is 6.61 Å². The Morgan fingerprint density at radius 3 is 2.80 bits per heavy atom. The fourth-order valence-corrected chi connectivity index (χ4v) is 4.19. The molecule has 30 heavy (non-hydrogen) atoms. The number of rotatable bonds is 9. The zero-order chi connectivity index (χ0) is 21.2. The van der Waals surface area contributed by atoms with E-state index in [1.54, 1.807) is 7.11 Å². The monoisotopic (exact) mass is 415 g/mol. The Hall–Kier alpha value is -2.12. The third kappa shape index (κ3) is 6.44. The molecule has 2 heterocycles. The van der Waals surface area contributed by atoms with Gasteiger partial charge in [-0.2, -0.15) is 0 Å². The third-order valence-corrected chi connectivity index (χ3v) is 5.89. The molecule has 7 nitrogen and oxygen atoms in total. The van der Waals surface area contributed by atoms with Gasteiger partial charge >= 0.3 is 0 Å². The molecule has 0 saturated carbocycles. The summed E-state index contributed by atoms with van der Waals surface area (Å²) in [5.74, 6) is 1.07. The zero-order valence-electron chi connectivity index (χ0n) is 18.5. The number of anilines is 1. The Morgan fingerprint density at radius 2 is 2.03 bits per heavy atom. The predicted octanol–water partition coefficient (Wildman–Crippen LogP) is 2.02. The van der Waals surface area contributed by atoms with Crippen molar-refractivity contribution in [1.29, 1.82) is 0 Å². The Balaban J connectivity index is 1.40. The van der Waals surface area contributed by atoms with Crippen molar-refractivity contribution in [2.24, 2.45) is 4.99 Å². The minimum absolute atomic E-state index is 0.205. The minimum Gasteiger partial charge on any atom is -0.383 e. The van der Waals surface area contributed by atoms with E-state index in [2.05, 4.69) is 28.5 Å². The molecule has 1 aromatic rings. The number of benzene rings is 1. The molecule has 1 aromatic carbocycles. The largest absolute Gasteiger partial charge is 0.383 e. The van der Waals surface area contributed by atoms with Crippen LogP contribution in [0.15, 0.2) is 29.3 Å². The maximum Gasteiger partial charge on any atom is 0.227 e. The molecule has 2 aliphatic rings. The predicted molar refractivity (Wildman–Crippen MR) is 122 cm³/mol. The number of hydrogen-bond donors (Lipinski definition) is 2. The van der Waals surface area contributed by atoms with Crippen LogP contribution < -0.4 is 15.5 Å². The highest BCUT2D eigenvalue weighted by atomic mass is 16.5. The molecule has 3 rings (SSSR count). The first-order valence-corrected chi connectivity index (χ1v) is 11.4. The second-order valence-electron chi connectivity index (χ2n) is 8.04. The SMILES string of the molecule is CCNC(=NCCCC(=O)N1CCc2ccccc21)NC1CCN(CCOC)CC1. The van der Waals surface area contributed by atoms with Crippen LogP contribution in [0.2, 0.25) is 0 Å². The van der Waals surface area contributed by atoms with Gasteiger partial charge in [-0.25, -0.2) is 0 Å². The first-order chi connectivity index (χ1) is 14.7. The van der Waals surface area contributed by atoms with E-state index in [4.69, 9.17) is 9.73 Å². The van der Waals surface area contributed by atoms with E-state index < -0.39 is 0 Å². The third-order valence-electron chi connectivity index (χ3n) is 5.89. The lowest BCUT2D eigenvalue weighted by atomic mass is 10.1. The van der Waals surface area contributed by atoms with E-state index in [-0.39, 0.29) is 5.91 Å². The van der Waals surface area contributed by atoms with Crippen LogP contribution in [0, 0.1) is 0 Å². The molecule has 0 unspecified atom stereocenters. The number of piperidine rings is 1. The zero-order valence-corrected chi connectivity index (χ0v) is 18.5.